The lowest BCUT2D eigenvalue weighted by Gasteiger charge is -2.20. The maximum Gasteiger partial charge on any atom is 0.337 e. The van der Waals surface area contributed by atoms with Gasteiger partial charge in [-0.2, -0.15) is 0 Å². The molecule has 0 saturated carbocycles. The summed E-state index contributed by atoms with van der Waals surface area (Å²) in [5, 5.41) is 11.1. The van der Waals surface area contributed by atoms with Crippen molar-refractivity contribution in [2.45, 2.75) is 6.54 Å². The maximum atomic E-state index is 13.1. The lowest BCUT2D eigenvalue weighted by Crippen LogP contribution is -2.19. The number of carboxylic acid groups (broad SMARTS) is 1. The largest absolute Gasteiger partial charge is 0.478 e. The van der Waals surface area contributed by atoms with Crippen molar-refractivity contribution in [3.8, 4) is 0 Å². The van der Waals surface area contributed by atoms with Crippen LogP contribution in [0.15, 0.2) is 33.4 Å². The number of nitrogens with zero attached hydrogens (tertiary/aromatic N) is 1. The molecule has 0 aliphatic carbocycles. The van der Waals surface area contributed by atoms with Gasteiger partial charge in [-0.25, -0.2) is 9.18 Å². The molecular formula is C13H11BrFNO2S. The van der Waals surface area contributed by atoms with E-state index in [-0.39, 0.29) is 5.56 Å². The van der Waals surface area contributed by atoms with Crippen LogP contribution in [0.5, 0.6) is 0 Å². The van der Waals surface area contributed by atoms with Crippen molar-refractivity contribution in [1.82, 2.24) is 0 Å². The zero-order chi connectivity index (χ0) is 14.0. The Morgan fingerprint density at radius 1 is 1.47 bits per heavy atom. The number of halogens is 2. The van der Waals surface area contributed by atoms with E-state index in [9.17, 15) is 9.18 Å². The number of carboxylic acids is 1. The molecule has 19 heavy (non-hydrogen) atoms. The first-order chi connectivity index (χ1) is 8.97. The average molecular weight is 344 g/mol. The summed E-state index contributed by atoms with van der Waals surface area (Å²) in [5.74, 6) is -1.68. The van der Waals surface area contributed by atoms with Crippen molar-refractivity contribution in [3.05, 3.63) is 50.4 Å². The first-order valence-corrected chi connectivity index (χ1v) is 7.11. The molecule has 0 bridgehead atoms. The van der Waals surface area contributed by atoms with E-state index in [0.29, 0.717) is 12.2 Å². The molecule has 0 spiro atoms. The molecule has 0 aliphatic heterocycles. The summed E-state index contributed by atoms with van der Waals surface area (Å²) in [6.45, 7) is 0.564. The molecule has 2 rings (SSSR count). The van der Waals surface area contributed by atoms with Crippen LogP contribution in [0.3, 0.4) is 0 Å². The minimum absolute atomic E-state index is 0.0307. The molecular weight excluding hydrogens is 333 g/mol. The molecule has 0 radical (unpaired) electrons. The van der Waals surface area contributed by atoms with Crippen LogP contribution in [0.25, 0.3) is 0 Å². The summed E-state index contributed by atoms with van der Waals surface area (Å²) in [7, 11) is 1.78. The second kappa shape index (κ2) is 5.71. The Morgan fingerprint density at radius 3 is 2.79 bits per heavy atom. The second-order valence-corrected chi connectivity index (χ2v) is 6.37. The maximum absolute atomic E-state index is 13.1. The number of anilines is 1. The van der Waals surface area contributed by atoms with Gasteiger partial charge in [0.2, 0.25) is 0 Å². The van der Waals surface area contributed by atoms with Gasteiger partial charge in [0, 0.05) is 13.6 Å². The number of rotatable bonds is 4. The number of thiophene rings is 1. The molecule has 0 unspecified atom stereocenters. The van der Waals surface area contributed by atoms with E-state index in [1.54, 1.807) is 23.3 Å². The summed E-state index contributed by atoms with van der Waals surface area (Å²) >= 11 is 4.95. The van der Waals surface area contributed by atoms with Crippen molar-refractivity contribution in [3.63, 3.8) is 0 Å². The Balaban J connectivity index is 2.28. The van der Waals surface area contributed by atoms with Gasteiger partial charge in [0.15, 0.2) is 0 Å². The molecule has 1 aromatic carbocycles. The number of aromatic carboxylic acids is 1. The quantitative estimate of drug-likeness (QED) is 0.912. The van der Waals surface area contributed by atoms with E-state index in [1.165, 1.54) is 12.1 Å². The normalized spacial score (nSPS) is 10.5. The highest BCUT2D eigenvalue weighted by Crippen LogP contribution is 2.25. The van der Waals surface area contributed by atoms with Gasteiger partial charge in [-0.3, -0.25) is 0 Å². The molecule has 0 saturated heterocycles. The van der Waals surface area contributed by atoms with E-state index in [1.807, 2.05) is 11.4 Å². The standard InChI is InChI=1S/C13H11BrFNO2S/c1-16(6-8-4-12(14)19-7-8)11-3-2-9(15)5-10(11)13(17)18/h2-5,7H,6H2,1H3,(H,17,18). The fourth-order valence-corrected chi connectivity index (χ4v) is 3.00. The average Bonchev–Trinajstić information content (AvgIpc) is 2.74. The highest BCUT2D eigenvalue weighted by atomic mass is 79.9. The van der Waals surface area contributed by atoms with Crippen molar-refractivity contribution in [2.75, 3.05) is 11.9 Å². The lowest BCUT2D eigenvalue weighted by atomic mass is 10.1. The van der Waals surface area contributed by atoms with Crippen molar-refractivity contribution < 1.29 is 14.3 Å². The van der Waals surface area contributed by atoms with E-state index in [4.69, 9.17) is 5.11 Å². The molecule has 100 valence electrons. The molecule has 0 aliphatic rings. The lowest BCUT2D eigenvalue weighted by molar-refractivity contribution is 0.0697. The summed E-state index contributed by atoms with van der Waals surface area (Å²) in [4.78, 5) is 12.9. The molecule has 6 heteroatoms. The van der Waals surface area contributed by atoms with E-state index < -0.39 is 11.8 Å². The molecule has 1 aromatic heterocycles. The van der Waals surface area contributed by atoms with Crippen LogP contribution in [0.2, 0.25) is 0 Å². The molecule has 1 heterocycles. The highest BCUT2D eigenvalue weighted by molar-refractivity contribution is 9.11. The van der Waals surface area contributed by atoms with Crippen LogP contribution in [-0.2, 0) is 6.54 Å². The first-order valence-electron chi connectivity index (χ1n) is 5.44. The molecule has 0 fully saturated rings. The summed E-state index contributed by atoms with van der Waals surface area (Å²) in [6.07, 6.45) is 0. The molecule has 3 nitrogen and oxygen atoms in total. The topological polar surface area (TPSA) is 40.5 Å². The number of hydrogen-bond acceptors (Lipinski definition) is 3. The highest BCUT2D eigenvalue weighted by Gasteiger charge is 2.15. The molecule has 2 aromatic rings. The molecule has 0 amide bonds. The molecule has 0 atom stereocenters. The Morgan fingerprint density at radius 2 is 2.21 bits per heavy atom. The van der Waals surface area contributed by atoms with E-state index in [2.05, 4.69) is 15.9 Å². The number of hydrogen-bond donors (Lipinski definition) is 1. The van der Waals surface area contributed by atoms with Crippen LogP contribution < -0.4 is 4.90 Å². The van der Waals surface area contributed by atoms with Crippen LogP contribution in [0, 0.1) is 5.82 Å². The predicted molar refractivity (Wildman–Crippen MR) is 77.5 cm³/mol. The van der Waals surface area contributed by atoms with Gasteiger partial charge < -0.3 is 10.0 Å². The van der Waals surface area contributed by atoms with E-state index >= 15 is 0 Å². The predicted octanol–water partition coefficient (Wildman–Crippen LogP) is 3.98. The van der Waals surface area contributed by atoms with Gasteiger partial charge >= 0.3 is 5.97 Å². The molecule has 1 N–H and O–H groups in total. The van der Waals surface area contributed by atoms with Gasteiger partial charge in [-0.15, -0.1) is 11.3 Å². The second-order valence-electron chi connectivity index (χ2n) is 4.08. The van der Waals surface area contributed by atoms with Gasteiger partial charge in [0.25, 0.3) is 0 Å². The third-order valence-corrected chi connectivity index (χ3v) is 4.20. The Hall–Kier alpha value is -1.40. The Labute approximate surface area is 122 Å². The van der Waals surface area contributed by atoms with Gasteiger partial charge in [0.05, 0.1) is 15.0 Å². The van der Waals surface area contributed by atoms with Gasteiger partial charge in [-0.05, 0) is 51.1 Å². The minimum Gasteiger partial charge on any atom is -0.478 e. The van der Waals surface area contributed by atoms with E-state index in [0.717, 1.165) is 15.4 Å². The van der Waals surface area contributed by atoms with Crippen LogP contribution in [0.1, 0.15) is 15.9 Å². The van der Waals surface area contributed by atoms with Crippen LogP contribution >= 0.6 is 27.3 Å². The minimum atomic E-state index is -1.13. The van der Waals surface area contributed by atoms with Gasteiger partial charge in [0.1, 0.15) is 5.82 Å². The first kappa shape index (κ1) is 14.0. The zero-order valence-corrected chi connectivity index (χ0v) is 12.5. The Kier molecular flexibility index (Phi) is 4.21. The third-order valence-electron chi connectivity index (χ3n) is 2.64. The Bertz CT molecular complexity index is 614. The number of carbonyl (C=O) groups is 1. The fraction of sp³-hybridized carbons (Fsp3) is 0.154. The van der Waals surface area contributed by atoms with Crippen LogP contribution in [-0.4, -0.2) is 18.1 Å². The fourth-order valence-electron chi connectivity index (χ4n) is 1.80. The van der Waals surface area contributed by atoms with Crippen molar-refractivity contribution >= 4 is 38.9 Å². The monoisotopic (exact) mass is 343 g/mol. The summed E-state index contributed by atoms with van der Waals surface area (Å²) in [6, 6.07) is 5.77. The third kappa shape index (κ3) is 3.33. The number of benzene rings is 1. The van der Waals surface area contributed by atoms with Crippen molar-refractivity contribution in [2.24, 2.45) is 0 Å². The summed E-state index contributed by atoms with van der Waals surface area (Å²) in [5.41, 5.74) is 1.54. The van der Waals surface area contributed by atoms with Crippen LogP contribution in [0.4, 0.5) is 10.1 Å². The van der Waals surface area contributed by atoms with Crippen molar-refractivity contribution in [1.29, 1.82) is 0 Å². The SMILES string of the molecule is CN(Cc1csc(Br)c1)c1ccc(F)cc1C(=O)O. The summed E-state index contributed by atoms with van der Waals surface area (Å²) < 4.78 is 14.1. The van der Waals surface area contributed by atoms with Gasteiger partial charge in [-0.1, -0.05) is 0 Å². The smallest absolute Gasteiger partial charge is 0.337 e. The zero-order valence-electron chi connectivity index (χ0n) is 10.1.